The molecule has 3 fully saturated rings. The second-order valence-corrected chi connectivity index (χ2v) is 8.05. The zero-order chi connectivity index (χ0) is 15.7. The fourth-order valence-corrected chi connectivity index (χ4v) is 5.39. The number of hydrogen-bond acceptors (Lipinski definition) is 4. The number of carbonyl (C=O) groups excluding carboxylic acids is 1. The molecule has 0 radical (unpaired) electrons. The first kappa shape index (κ1) is 16.1. The van der Waals surface area contributed by atoms with E-state index in [2.05, 4.69) is 6.92 Å². The summed E-state index contributed by atoms with van der Waals surface area (Å²) in [7, 11) is 0. The molecule has 0 aromatic rings. The minimum absolute atomic E-state index is 0.0677. The molecule has 0 bridgehead atoms. The van der Waals surface area contributed by atoms with E-state index in [1.165, 1.54) is 0 Å². The second-order valence-electron chi connectivity index (χ2n) is 6.80. The predicted molar refractivity (Wildman–Crippen MR) is 84.9 cm³/mol. The number of likely N-dealkylation sites (tertiary alicyclic amines) is 1. The molecule has 0 aromatic heterocycles. The van der Waals surface area contributed by atoms with Crippen LogP contribution >= 0.6 is 11.8 Å². The highest BCUT2D eigenvalue weighted by Gasteiger charge is 2.39. The van der Waals surface area contributed by atoms with Crippen molar-refractivity contribution in [1.29, 1.82) is 0 Å². The van der Waals surface area contributed by atoms with E-state index in [0.717, 1.165) is 44.5 Å². The van der Waals surface area contributed by atoms with E-state index in [9.17, 15) is 9.59 Å². The predicted octanol–water partition coefficient (Wildman–Crippen LogP) is 2.00. The summed E-state index contributed by atoms with van der Waals surface area (Å²) in [6.45, 7) is 3.77. The van der Waals surface area contributed by atoms with Gasteiger partial charge in [0.25, 0.3) is 0 Å². The second kappa shape index (κ2) is 6.79. The SMILES string of the molecule is CC1CCSC1C(=O)N1CCC([C@@H]2CC[C@H](C(=O)O)O2)CC1. The summed E-state index contributed by atoms with van der Waals surface area (Å²) in [6.07, 6.45) is 3.92. The van der Waals surface area contributed by atoms with Crippen LogP contribution < -0.4 is 0 Å². The number of thioether (sulfide) groups is 1. The molecule has 0 aromatic carbocycles. The van der Waals surface area contributed by atoms with E-state index in [1.54, 1.807) is 11.8 Å². The summed E-state index contributed by atoms with van der Waals surface area (Å²) in [5.41, 5.74) is 0. The van der Waals surface area contributed by atoms with Crippen molar-refractivity contribution in [2.45, 2.75) is 56.5 Å². The number of hydrogen-bond donors (Lipinski definition) is 1. The van der Waals surface area contributed by atoms with Crippen LogP contribution in [0.3, 0.4) is 0 Å². The largest absolute Gasteiger partial charge is 0.479 e. The van der Waals surface area contributed by atoms with Gasteiger partial charge in [0.05, 0.1) is 11.4 Å². The zero-order valence-corrected chi connectivity index (χ0v) is 13.9. The maximum Gasteiger partial charge on any atom is 0.332 e. The fourth-order valence-electron chi connectivity index (χ4n) is 3.87. The number of piperidine rings is 1. The molecule has 1 amide bonds. The number of carboxylic acids is 1. The third-order valence-electron chi connectivity index (χ3n) is 5.34. The number of ether oxygens (including phenoxy) is 1. The molecule has 5 nitrogen and oxygen atoms in total. The van der Waals surface area contributed by atoms with Gasteiger partial charge < -0.3 is 14.7 Å². The number of nitrogens with zero attached hydrogens (tertiary/aromatic N) is 1. The number of amides is 1. The van der Waals surface area contributed by atoms with E-state index >= 15 is 0 Å². The first-order valence-corrected chi connectivity index (χ1v) is 9.40. The van der Waals surface area contributed by atoms with Crippen molar-refractivity contribution in [2.24, 2.45) is 11.8 Å². The molecule has 3 saturated heterocycles. The normalized spacial score (nSPS) is 36.7. The van der Waals surface area contributed by atoms with Gasteiger partial charge in [-0.2, -0.15) is 0 Å². The van der Waals surface area contributed by atoms with Gasteiger partial charge in [0, 0.05) is 13.1 Å². The molecule has 22 heavy (non-hydrogen) atoms. The number of carbonyl (C=O) groups is 2. The summed E-state index contributed by atoms with van der Waals surface area (Å²) < 4.78 is 5.67. The van der Waals surface area contributed by atoms with Gasteiger partial charge in [0.1, 0.15) is 0 Å². The number of rotatable bonds is 3. The Morgan fingerprint density at radius 2 is 1.86 bits per heavy atom. The van der Waals surface area contributed by atoms with Gasteiger partial charge in [0.15, 0.2) is 6.10 Å². The molecule has 4 atom stereocenters. The molecule has 3 heterocycles. The van der Waals surface area contributed by atoms with Crippen LogP contribution in [0.15, 0.2) is 0 Å². The van der Waals surface area contributed by atoms with Crippen LogP contribution in [0, 0.1) is 11.8 Å². The van der Waals surface area contributed by atoms with Gasteiger partial charge in [-0.05, 0) is 49.7 Å². The highest BCUT2D eigenvalue weighted by Crippen LogP contribution is 2.36. The molecule has 124 valence electrons. The van der Waals surface area contributed by atoms with Gasteiger partial charge in [-0.25, -0.2) is 4.79 Å². The Kier molecular flexibility index (Phi) is 4.97. The Bertz CT molecular complexity index is 436. The lowest BCUT2D eigenvalue weighted by Gasteiger charge is -2.36. The summed E-state index contributed by atoms with van der Waals surface area (Å²) in [4.78, 5) is 25.6. The average Bonchev–Trinajstić information content (AvgIpc) is 3.15. The van der Waals surface area contributed by atoms with Crippen LogP contribution in [0.5, 0.6) is 0 Å². The highest BCUT2D eigenvalue weighted by atomic mass is 32.2. The summed E-state index contributed by atoms with van der Waals surface area (Å²) in [5.74, 6) is 1.46. The Hall–Kier alpha value is -0.750. The molecule has 0 aliphatic carbocycles. The Labute approximate surface area is 135 Å². The molecular weight excluding hydrogens is 302 g/mol. The molecule has 2 unspecified atom stereocenters. The quantitative estimate of drug-likeness (QED) is 0.859. The fraction of sp³-hybridized carbons (Fsp3) is 0.875. The third kappa shape index (κ3) is 3.27. The summed E-state index contributed by atoms with van der Waals surface area (Å²) in [6, 6.07) is 0. The van der Waals surface area contributed by atoms with Crippen LogP contribution in [0.4, 0.5) is 0 Å². The lowest BCUT2D eigenvalue weighted by molar-refractivity contribution is -0.151. The summed E-state index contributed by atoms with van der Waals surface area (Å²) in [5, 5.41) is 9.16. The van der Waals surface area contributed by atoms with Gasteiger partial charge >= 0.3 is 5.97 Å². The minimum atomic E-state index is -0.845. The van der Waals surface area contributed by atoms with Crippen molar-refractivity contribution in [3.8, 4) is 0 Å². The van der Waals surface area contributed by atoms with Crippen molar-refractivity contribution in [1.82, 2.24) is 4.90 Å². The van der Waals surface area contributed by atoms with Crippen molar-refractivity contribution < 1.29 is 19.4 Å². The molecule has 3 aliphatic rings. The van der Waals surface area contributed by atoms with Crippen LogP contribution in [0.25, 0.3) is 0 Å². The number of carboxylic acid groups (broad SMARTS) is 1. The Balaban J connectivity index is 1.48. The first-order chi connectivity index (χ1) is 10.6. The van der Waals surface area contributed by atoms with Gasteiger partial charge in [-0.3, -0.25) is 4.79 Å². The lowest BCUT2D eigenvalue weighted by atomic mass is 9.89. The Morgan fingerprint density at radius 1 is 1.14 bits per heavy atom. The molecule has 0 spiro atoms. The highest BCUT2D eigenvalue weighted by molar-refractivity contribution is 8.00. The summed E-state index contributed by atoms with van der Waals surface area (Å²) >= 11 is 1.80. The van der Waals surface area contributed by atoms with Gasteiger partial charge in [0.2, 0.25) is 5.91 Å². The van der Waals surface area contributed by atoms with Crippen molar-refractivity contribution in [3.63, 3.8) is 0 Å². The van der Waals surface area contributed by atoms with E-state index in [0.29, 0.717) is 24.2 Å². The average molecular weight is 327 g/mol. The van der Waals surface area contributed by atoms with Crippen LogP contribution in [0.1, 0.15) is 39.0 Å². The van der Waals surface area contributed by atoms with E-state index in [1.807, 2.05) is 4.90 Å². The molecular formula is C16H25NO4S. The van der Waals surface area contributed by atoms with Crippen molar-refractivity contribution in [2.75, 3.05) is 18.8 Å². The maximum absolute atomic E-state index is 12.6. The number of aliphatic carboxylic acids is 1. The first-order valence-electron chi connectivity index (χ1n) is 8.35. The van der Waals surface area contributed by atoms with Gasteiger partial charge in [-0.15, -0.1) is 11.8 Å². The molecule has 0 saturated carbocycles. The molecule has 1 N–H and O–H groups in total. The van der Waals surface area contributed by atoms with E-state index in [4.69, 9.17) is 9.84 Å². The molecule has 3 rings (SSSR count). The van der Waals surface area contributed by atoms with E-state index < -0.39 is 12.1 Å². The standard InChI is InChI=1S/C16H25NO4S/c1-10-6-9-22-14(10)15(18)17-7-4-11(5-8-17)12-2-3-13(21-12)16(19)20/h10-14H,2-9H2,1H3,(H,19,20)/t10?,12-,13+,14?/m0/s1. The minimum Gasteiger partial charge on any atom is -0.479 e. The van der Waals surface area contributed by atoms with Crippen LogP contribution in [-0.2, 0) is 14.3 Å². The topological polar surface area (TPSA) is 66.8 Å². The van der Waals surface area contributed by atoms with E-state index in [-0.39, 0.29) is 11.4 Å². The maximum atomic E-state index is 12.6. The molecule has 6 heteroatoms. The monoisotopic (exact) mass is 327 g/mol. The van der Waals surface area contributed by atoms with Crippen molar-refractivity contribution in [3.05, 3.63) is 0 Å². The third-order valence-corrected chi connectivity index (χ3v) is 6.83. The smallest absolute Gasteiger partial charge is 0.332 e. The van der Waals surface area contributed by atoms with Crippen LogP contribution in [0.2, 0.25) is 0 Å². The zero-order valence-electron chi connectivity index (χ0n) is 13.1. The van der Waals surface area contributed by atoms with Gasteiger partial charge in [-0.1, -0.05) is 6.92 Å². The molecule has 3 aliphatic heterocycles. The van der Waals surface area contributed by atoms with Crippen molar-refractivity contribution >= 4 is 23.6 Å². The Morgan fingerprint density at radius 3 is 2.41 bits per heavy atom. The lowest BCUT2D eigenvalue weighted by Crippen LogP contribution is -2.45. The van der Waals surface area contributed by atoms with Crippen LogP contribution in [-0.4, -0.2) is 58.2 Å².